The maximum Gasteiger partial charge on any atom is 0.273 e. The molecule has 0 bridgehead atoms. The maximum atomic E-state index is 12.3. The molecule has 1 amide bonds. The number of hydrogen-bond donors (Lipinski definition) is 1. The van der Waals surface area contributed by atoms with Crippen LogP contribution in [0.25, 0.3) is 10.9 Å². The Hall–Kier alpha value is -2.30. The molecule has 0 fully saturated rings. The molecule has 0 aliphatic carbocycles. The molecule has 0 saturated heterocycles. The Morgan fingerprint density at radius 2 is 2.00 bits per heavy atom. The zero-order chi connectivity index (χ0) is 16.4. The van der Waals surface area contributed by atoms with Crippen molar-refractivity contribution in [2.24, 2.45) is 12.1 Å². The van der Waals surface area contributed by atoms with Crippen LogP contribution in [0.2, 0.25) is 10.0 Å². The van der Waals surface area contributed by atoms with Crippen molar-refractivity contribution in [3.05, 3.63) is 69.8 Å². The Labute approximate surface area is 143 Å². The number of aromatic nitrogens is 1. The van der Waals surface area contributed by atoms with E-state index in [0.29, 0.717) is 21.2 Å². The molecule has 4 nitrogen and oxygen atoms in total. The van der Waals surface area contributed by atoms with E-state index in [9.17, 15) is 4.79 Å². The van der Waals surface area contributed by atoms with Gasteiger partial charge < -0.3 is 4.57 Å². The SMILES string of the molecule is Cn1cc(C(=O)N/N=C\c2ccc(Cl)cc2Cl)c2ccccc21. The third-order valence-corrected chi connectivity index (χ3v) is 4.04. The Kier molecular flexibility index (Phi) is 4.37. The summed E-state index contributed by atoms with van der Waals surface area (Å²) < 4.78 is 1.91. The van der Waals surface area contributed by atoms with Crippen LogP contribution in [0.15, 0.2) is 53.8 Å². The fourth-order valence-corrected chi connectivity index (χ4v) is 2.81. The van der Waals surface area contributed by atoms with E-state index in [1.54, 1.807) is 24.4 Å². The van der Waals surface area contributed by atoms with Crippen LogP contribution < -0.4 is 5.43 Å². The van der Waals surface area contributed by atoms with Gasteiger partial charge in [-0.05, 0) is 18.2 Å². The van der Waals surface area contributed by atoms with Gasteiger partial charge in [0.05, 0.1) is 16.8 Å². The number of amides is 1. The van der Waals surface area contributed by atoms with E-state index < -0.39 is 0 Å². The minimum Gasteiger partial charge on any atom is -0.350 e. The van der Waals surface area contributed by atoms with Gasteiger partial charge in [0.25, 0.3) is 5.91 Å². The molecule has 23 heavy (non-hydrogen) atoms. The second-order valence-corrected chi connectivity index (χ2v) is 5.88. The number of carbonyl (C=O) groups is 1. The van der Waals surface area contributed by atoms with Crippen molar-refractivity contribution in [3.63, 3.8) is 0 Å². The van der Waals surface area contributed by atoms with Gasteiger partial charge in [0.1, 0.15) is 0 Å². The smallest absolute Gasteiger partial charge is 0.273 e. The summed E-state index contributed by atoms with van der Waals surface area (Å²) in [5.41, 5.74) is 4.76. The van der Waals surface area contributed by atoms with E-state index in [4.69, 9.17) is 23.2 Å². The number of halogens is 2. The molecule has 0 aliphatic rings. The summed E-state index contributed by atoms with van der Waals surface area (Å²) in [4.78, 5) is 12.3. The lowest BCUT2D eigenvalue weighted by molar-refractivity contribution is 0.0956. The molecule has 6 heteroatoms. The van der Waals surface area contributed by atoms with E-state index in [1.165, 1.54) is 6.21 Å². The molecule has 1 aromatic heterocycles. The third kappa shape index (κ3) is 3.23. The summed E-state index contributed by atoms with van der Waals surface area (Å²) in [7, 11) is 1.90. The molecule has 0 atom stereocenters. The fraction of sp³-hybridized carbons (Fsp3) is 0.0588. The van der Waals surface area contributed by atoms with Crippen molar-refractivity contribution in [1.82, 2.24) is 9.99 Å². The number of nitrogens with zero attached hydrogens (tertiary/aromatic N) is 2. The zero-order valence-corrected chi connectivity index (χ0v) is 13.8. The normalized spacial score (nSPS) is 11.3. The van der Waals surface area contributed by atoms with Crippen LogP contribution >= 0.6 is 23.2 Å². The lowest BCUT2D eigenvalue weighted by atomic mass is 10.2. The highest BCUT2D eigenvalue weighted by molar-refractivity contribution is 6.36. The number of rotatable bonds is 3. The van der Waals surface area contributed by atoms with Gasteiger partial charge in [-0.25, -0.2) is 5.43 Å². The quantitative estimate of drug-likeness (QED) is 0.559. The highest BCUT2D eigenvalue weighted by Crippen LogP contribution is 2.21. The summed E-state index contributed by atoms with van der Waals surface area (Å²) >= 11 is 11.9. The van der Waals surface area contributed by atoms with Gasteiger partial charge >= 0.3 is 0 Å². The summed E-state index contributed by atoms with van der Waals surface area (Å²) in [5.74, 6) is -0.275. The molecule has 1 heterocycles. The molecular weight excluding hydrogens is 333 g/mol. The molecule has 1 N–H and O–H groups in total. The topological polar surface area (TPSA) is 46.4 Å². The Morgan fingerprint density at radius 1 is 1.22 bits per heavy atom. The third-order valence-electron chi connectivity index (χ3n) is 3.47. The van der Waals surface area contributed by atoms with Crippen molar-refractivity contribution in [2.75, 3.05) is 0 Å². The Balaban J connectivity index is 1.80. The number of hydrazone groups is 1. The van der Waals surface area contributed by atoms with E-state index in [0.717, 1.165) is 10.9 Å². The number of carbonyl (C=O) groups excluding carboxylic acids is 1. The predicted octanol–water partition coefficient (Wildman–Crippen LogP) is 4.25. The van der Waals surface area contributed by atoms with Crippen LogP contribution in [-0.2, 0) is 7.05 Å². The summed E-state index contributed by atoms with van der Waals surface area (Å²) in [6, 6.07) is 12.8. The second kappa shape index (κ2) is 6.44. The average molecular weight is 346 g/mol. The van der Waals surface area contributed by atoms with E-state index >= 15 is 0 Å². The summed E-state index contributed by atoms with van der Waals surface area (Å²) in [6.07, 6.45) is 3.27. The summed E-state index contributed by atoms with van der Waals surface area (Å²) in [6.45, 7) is 0. The van der Waals surface area contributed by atoms with Gasteiger partial charge in [0.15, 0.2) is 0 Å². The first-order chi connectivity index (χ1) is 11.1. The molecule has 0 aliphatic heterocycles. The molecule has 3 aromatic rings. The fourth-order valence-electron chi connectivity index (χ4n) is 2.35. The maximum absolute atomic E-state index is 12.3. The van der Waals surface area contributed by atoms with E-state index in [2.05, 4.69) is 10.5 Å². The van der Waals surface area contributed by atoms with Crippen molar-refractivity contribution in [3.8, 4) is 0 Å². The largest absolute Gasteiger partial charge is 0.350 e. The van der Waals surface area contributed by atoms with Crippen LogP contribution in [0.1, 0.15) is 15.9 Å². The Bertz CT molecular complexity index is 915. The first kappa shape index (κ1) is 15.6. The first-order valence-electron chi connectivity index (χ1n) is 6.89. The van der Waals surface area contributed by atoms with Crippen molar-refractivity contribution < 1.29 is 4.79 Å². The average Bonchev–Trinajstić information content (AvgIpc) is 2.87. The van der Waals surface area contributed by atoms with Crippen molar-refractivity contribution in [2.45, 2.75) is 0 Å². The summed E-state index contributed by atoms with van der Waals surface area (Å²) in [5, 5.41) is 5.87. The van der Waals surface area contributed by atoms with Crippen LogP contribution in [0.4, 0.5) is 0 Å². The molecule has 3 rings (SSSR count). The van der Waals surface area contributed by atoms with Gasteiger partial charge in [0, 0.05) is 34.7 Å². The molecular formula is C17H13Cl2N3O. The van der Waals surface area contributed by atoms with E-state index in [-0.39, 0.29) is 5.91 Å². The number of fused-ring (bicyclic) bond motifs is 1. The van der Waals surface area contributed by atoms with Crippen molar-refractivity contribution in [1.29, 1.82) is 0 Å². The van der Waals surface area contributed by atoms with Crippen LogP contribution in [0, 0.1) is 0 Å². The number of para-hydroxylation sites is 1. The molecule has 0 saturated carbocycles. The van der Waals surface area contributed by atoms with Crippen molar-refractivity contribution >= 4 is 46.2 Å². The van der Waals surface area contributed by atoms with Gasteiger partial charge in [-0.1, -0.05) is 47.5 Å². The van der Waals surface area contributed by atoms with Gasteiger partial charge in [-0.3, -0.25) is 4.79 Å². The van der Waals surface area contributed by atoms with Crippen LogP contribution in [-0.4, -0.2) is 16.7 Å². The molecule has 0 spiro atoms. The van der Waals surface area contributed by atoms with Crippen LogP contribution in [0.3, 0.4) is 0 Å². The number of hydrogen-bond acceptors (Lipinski definition) is 2. The lowest BCUT2D eigenvalue weighted by Gasteiger charge is -2.00. The minimum absolute atomic E-state index is 0.275. The highest BCUT2D eigenvalue weighted by atomic mass is 35.5. The first-order valence-corrected chi connectivity index (χ1v) is 7.64. The number of aryl methyl sites for hydroxylation is 1. The van der Waals surface area contributed by atoms with Crippen LogP contribution in [0.5, 0.6) is 0 Å². The van der Waals surface area contributed by atoms with E-state index in [1.807, 2.05) is 35.9 Å². The molecule has 0 radical (unpaired) electrons. The molecule has 116 valence electrons. The van der Waals surface area contributed by atoms with Gasteiger partial charge in [-0.15, -0.1) is 0 Å². The Morgan fingerprint density at radius 3 is 2.78 bits per heavy atom. The molecule has 0 unspecified atom stereocenters. The van der Waals surface area contributed by atoms with Gasteiger partial charge in [-0.2, -0.15) is 5.10 Å². The highest BCUT2D eigenvalue weighted by Gasteiger charge is 2.12. The standard InChI is InChI=1S/C17H13Cl2N3O/c1-22-10-14(13-4-2-3-5-16(13)22)17(23)21-20-9-11-6-7-12(18)8-15(11)19/h2-10H,1H3,(H,21,23)/b20-9-. The predicted molar refractivity (Wildman–Crippen MR) is 94.4 cm³/mol. The number of benzene rings is 2. The second-order valence-electron chi connectivity index (χ2n) is 5.04. The molecule has 2 aromatic carbocycles. The number of nitrogens with one attached hydrogen (secondary N) is 1. The lowest BCUT2D eigenvalue weighted by Crippen LogP contribution is -2.17. The van der Waals surface area contributed by atoms with Gasteiger partial charge in [0.2, 0.25) is 0 Å². The zero-order valence-electron chi connectivity index (χ0n) is 12.3. The monoisotopic (exact) mass is 345 g/mol. The minimum atomic E-state index is -0.275.